The third-order valence-corrected chi connectivity index (χ3v) is 4.29. The zero-order valence-corrected chi connectivity index (χ0v) is 10.6. The molecule has 2 heterocycles. The number of quaternary nitrogens is 1. The fourth-order valence-electron chi connectivity index (χ4n) is 3.29. The average Bonchev–Trinajstić information content (AvgIpc) is 3.02. The fraction of sp³-hybridized carbons (Fsp3) is 0.857. The van der Waals surface area contributed by atoms with E-state index in [1.807, 2.05) is 0 Å². The second-order valence-electron chi connectivity index (χ2n) is 5.67. The summed E-state index contributed by atoms with van der Waals surface area (Å²) in [6.45, 7) is 4.63. The number of hydrogen-bond donors (Lipinski definition) is 1. The molecule has 2 saturated heterocycles. The molecule has 3 rings (SSSR count). The first-order chi connectivity index (χ1) is 8.42. The Hall–Kier alpha value is -0.380. The number of likely N-dealkylation sites (tertiary alicyclic amines) is 1. The van der Waals surface area contributed by atoms with Gasteiger partial charge in [-0.1, -0.05) is 12.2 Å². The summed E-state index contributed by atoms with van der Waals surface area (Å²) >= 11 is 0. The van der Waals surface area contributed by atoms with Crippen molar-refractivity contribution in [3.63, 3.8) is 0 Å². The molecule has 3 nitrogen and oxygen atoms in total. The molecule has 17 heavy (non-hydrogen) atoms. The van der Waals surface area contributed by atoms with Gasteiger partial charge in [0.05, 0.1) is 19.7 Å². The second kappa shape index (κ2) is 5.51. The van der Waals surface area contributed by atoms with Crippen LogP contribution in [0.25, 0.3) is 0 Å². The third kappa shape index (κ3) is 2.90. The molecular formula is C14H24NO2+. The van der Waals surface area contributed by atoms with Gasteiger partial charge >= 0.3 is 0 Å². The van der Waals surface area contributed by atoms with Crippen LogP contribution in [-0.2, 0) is 9.47 Å². The highest BCUT2D eigenvalue weighted by atomic mass is 16.7. The maximum absolute atomic E-state index is 6.09. The van der Waals surface area contributed by atoms with Crippen molar-refractivity contribution >= 4 is 0 Å². The van der Waals surface area contributed by atoms with Gasteiger partial charge in [-0.05, 0) is 19.3 Å². The Balaban J connectivity index is 1.46. The largest absolute Gasteiger partial charge is 0.349 e. The Kier molecular flexibility index (Phi) is 3.79. The first-order valence-electron chi connectivity index (χ1n) is 7.17. The van der Waals surface area contributed by atoms with E-state index in [-0.39, 0.29) is 6.29 Å². The van der Waals surface area contributed by atoms with E-state index in [2.05, 4.69) is 12.2 Å². The SMILES string of the molecule is C1=CC[C@H]([C@H]2OC[C@H](C[NH+]3CCCC3)O2)CC1. The molecule has 0 amide bonds. The van der Waals surface area contributed by atoms with Crippen LogP contribution in [-0.4, -0.2) is 38.6 Å². The Morgan fingerprint density at radius 1 is 1.18 bits per heavy atom. The van der Waals surface area contributed by atoms with Gasteiger partial charge in [0.15, 0.2) is 6.29 Å². The lowest BCUT2D eigenvalue weighted by molar-refractivity contribution is -0.890. The molecule has 0 saturated carbocycles. The molecule has 0 aromatic heterocycles. The lowest BCUT2D eigenvalue weighted by atomic mass is 9.94. The Bertz CT molecular complexity index is 273. The summed E-state index contributed by atoms with van der Waals surface area (Å²) < 4.78 is 11.9. The van der Waals surface area contributed by atoms with E-state index >= 15 is 0 Å². The predicted molar refractivity (Wildman–Crippen MR) is 65.9 cm³/mol. The molecule has 2 aliphatic heterocycles. The minimum absolute atomic E-state index is 0.0759. The maximum atomic E-state index is 6.09. The van der Waals surface area contributed by atoms with E-state index in [0.717, 1.165) is 19.6 Å². The van der Waals surface area contributed by atoms with E-state index in [9.17, 15) is 0 Å². The molecule has 96 valence electrons. The molecule has 0 radical (unpaired) electrons. The van der Waals surface area contributed by atoms with Crippen LogP contribution in [0.2, 0.25) is 0 Å². The van der Waals surface area contributed by atoms with Crippen LogP contribution < -0.4 is 4.90 Å². The zero-order valence-electron chi connectivity index (χ0n) is 10.6. The van der Waals surface area contributed by atoms with Crippen LogP contribution in [0.5, 0.6) is 0 Å². The fourth-order valence-corrected chi connectivity index (χ4v) is 3.29. The molecular weight excluding hydrogens is 214 g/mol. The lowest BCUT2D eigenvalue weighted by Gasteiger charge is -2.23. The van der Waals surface area contributed by atoms with E-state index < -0.39 is 0 Å². The standard InChI is InChI=1S/C14H23NO2/c1-2-6-12(7-3-1)14-16-11-13(17-14)10-15-8-4-5-9-15/h1-2,12-14H,3-11H2/p+1/t12-,13-,14-/m0/s1. The van der Waals surface area contributed by atoms with Crippen LogP contribution in [0, 0.1) is 5.92 Å². The van der Waals surface area contributed by atoms with Gasteiger partial charge in [-0.2, -0.15) is 0 Å². The zero-order chi connectivity index (χ0) is 11.5. The lowest BCUT2D eigenvalue weighted by Crippen LogP contribution is -3.11. The van der Waals surface area contributed by atoms with Crippen molar-refractivity contribution in [2.75, 3.05) is 26.2 Å². The topological polar surface area (TPSA) is 22.9 Å². The summed E-state index contributed by atoms with van der Waals surface area (Å²) in [6, 6.07) is 0. The average molecular weight is 238 g/mol. The van der Waals surface area contributed by atoms with Crippen LogP contribution in [0.1, 0.15) is 32.1 Å². The molecule has 2 fully saturated rings. The normalized spacial score (nSPS) is 38.9. The van der Waals surface area contributed by atoms with Gasteiger partial charge in [0.1, 0.15) is 12.6 Å². The second-order valence-corrected chi connectivity index (χ2v) is 5.67. The van der Waals surface area contributed by atoms with Gasteiger partial charge in [0.2, 0.25) is 0 Å². The summed E-state index contributed by atoms with van der Waals surface area (Å²) in [5.74, 6) is 0.596. The monoisotopic (exact) mass is 238 g/mol. The Morgan fingerprint density at radius 2 is 2.06 bits per heavy atom. The Labute approximate surface area is 104 Å². The van der Waals surface area contributed by atoms with Gasteiger partial charge in [-0.15, -0.1) is 0 Å². The summed E-state index contributed by atoms with van der Waals surface area (Å²) in [4.78, 5) is 1.71. The van der Waals surface area contributed by atoms with E-state index in [1.165, 1.54) is 38.8 Å². The number of ether oxygens (including phenoxy) is 2. The molecule has 0 aromatic carbocycles. The third-order valence-electron chi connectivity index (χ3n) is 4.29. The summed E-state index contributed by atoms with van der Waals surface area (Å²) in [5.41, 5.74) is 0. The van der Waals surface area contributed by atoms with Crippen molar-refractivity contribution < 1.29 is 14.4 Å². The molecule has 3 heteroatoms. The number of allylic oxidation sites excluding steroid dienone is 2. The van der Waals surface area contributed by atoms with Gasteiger partial charge in [-0.3, -0.25) is 0 Å². The van der Waals surface area contributed by atoms with Crippen molar-refractivity contribution in [2.24, 2.45) is 5.92 Å². The maximum Gasteiger partial charge on any atom is 0.161 e. The van der Waals surface area contributed by atoms with Crippen LogP contribution >= 0.6 is 0 Å². The van der Waals surface area contributed by atoms with Crippen LogP contribution in [0.15, 0.2) is 12.2 Å². The van der Waals surface area contributed by atoms with Crippen molar-refractivity contribution in [2.45, 2.75) is 44.5 Å². The van der Waals surface area contributed by atoms with E-state index in [1.54, 1.807) is 4.90 Å². The minimum Gasteiger partial charge on any atom is -0.349 e. The van der Waals surface area contributed by atoms with Crippen molar-refractivity contribution in [3.8, 4) is 0 Å². The van der Waals surface area contributed by atoms with Gasteiger partial charge in [0.25, 0.3) is 0 Å². The smallest absolute Gasteiger partial charge is 0.161 e. The van der Waals surface area contributed by atoms with Crippen molar-refractivity contribution in [3.05, 3.63) is 12.2 Å². The first-order valence-corrected chi connectivity index (χ1v) is 7.17. The molecule has 0 unspecified atom stereocenters. The number of hydrogen-bond acceptors (Lipinski definition) is 2. The minimum atomic E-state index is 0.0759. The summed E-state index contributed by atoms with van der Waals surface area (Å²) in [7, 11) is 0. The highest BCUT2D eigenvalue weighted by Crippen LogP contribution is 2.28. The number of nitrogens with one attached hydrogen (secondary N) is 1. The molecule has 0 bridgehead atoms. The van der Waals surface area contributed by atoms with Gasteiger partial charge in [-0.25, -0.2) is 0 Å². The molecule has 1 N–H and O–H groups in total. The van der Waals surface area contributed by atoms with E-state index in [4.69, 9.17) is 9.47 Å². The first kappa shape index (κ1) is 11.7. The Morgan fingerprint density at radius 3 is 2.82 bits per heavy atom. The molecule has 0 aromatic rings. The quantitative estimate of drug-likeness (QED) is 0.734. The van der Waals surface area contributed by atoms with Crippen molar-refractivity contribution in [1.82, 2.24) is 0 Å². The van der Waals surface area contributed by atoms with Crippen molar-refractivity contribution in [1.29, 1.82) is 0 Å². The summed E-state index contributed by atoms with van der Waals surface area (Å²) in [5, 5.41) is 0. The van der Waals surface area contributed by atoms with Gasteiger partial charge in [0, 0.05) is 18.8 Å². The van der Waals surface area contributed by atoms with Gasteiger partial charge < -0.3 is 14.4 Å². The highest BCUT2D eigenvalue weighted by molar-refractivity contribution is 4.91. The van der Waals surface area contributed by atoms with Crippen LogP contribution in [0.3, 0.4) is 0 Å². The molecule has 3 aliphatic rings. The predicted octanol–water partition coefficient (Wildman–Crippen LogP) is 0.763. The molecule has 0 spiro atoms. The summed E-state index contributed by atoms with van der Waals surface area (Å²) in [6.07, 6.45) is 11.3. The molecule has 1 aliphatic carbocycles. The van der Waals surface area contributed by atoms with Crippen LogP contribution in [0.4, 0.5) is 0 Å². The highest BCUT2D eigenvalue weighted by Gasteiger charge is 2.34. The molecule has 3 atom stereocenters. The van der Waals surface area contributed by atoms with E-state index in [0.29, 0.717) is 12.0 Å². The number of rotatable bonds is 3.